The van der Waals surface area contributed by atoms with E-state index in [2.05, 4.69) is 4.98 Å². The molecule has 6 heteroatoms. The molecule has 1 aromatic heterocycles. The Morgan fingerprint density at radius 3 is 2.70 bits per heavy atom. The molecule has 0 bridgehead atoms. The topological polar surface area (TPSA) is 62.4 Å². The molecule has 3 rings (SSSR count). The first-order valence-electron chi connectivity index (χ1n) is 8.65. The molecular weight excluding hydrogens is 364 g/mol. The van der Waals surface area contributed by atoms with E-state index in [9.17, 15) is 9.59 Å². The number of nitrogens with zero attached hydrogens (tertiary/aromatic N) is 1. The van der Waals surface area contributed by atoms with Gasteiger partial charge in [0, 0.05) is 29.8 Å². The molecule has 0 spiro atoms. The van der Waals surface area contributed by atoms with E-state index in [1.54, 1.807) is 36.3 Å². The van der Waals surface area contributed by atoms with Crippen LogP contribution in [0.2, 0.25) is 5.02 Å². The summed E-state index contributed by atoms with van der Waals surface area (Å²) in [6, 6.07) is 14.5. The minimum absolute atomic E-state index is 0.188. The number of amides is 1. The fourth-order valence-corrected chi connectivity index (χ4v) is 3.20. The summed E-state index contributed by atoms with van der Waals surface area (Å²) in [6.07, 6.45) is 0. The highest BCUT2D eigenvalue weighted by atomic mass is 35.5. The number of rotatable bonds is 6. The number of ether oxygens (including phenoxy) is 1. The summed E-state index contributed by atoms with van der Waals surface area (Å²) in [4.78, 5) is 30.0. The van der Waals surface area contributed by atoms with E-state index < -0.39 is 0 Å². The van der Waals surface area contributed by atoms with Crippen molar-refractivity contribution < 1.29 is 9.53 Å². The Kier molecular flexibility index (Phi) is 5.94. The van der Waals surface area contributed by atoms with E-state index in [1.807, 2.05) is 31.2 Å². The zero-order valence-electron chi connectivity index (χ0n) is 15.3. The number of pyridine rings is 1. The third kappa shape index (κ3) is 4.38. The molecule has 5 nitrogen and oxygen atoms in total. The number of carbonyl (C=O) groups is 1. The molecule has 0 aliphatic heterocycles. The molecule has 140 valence electrons. The number of methoxy groups -OCH3 is 1. The number of aromatic nitrogens is 1. The monoisotopic (exact) mass is 384 g/mol. The van der Waals surface area contributed by atoms with Crippen molar-refractivity contribution >= 4 is 28.4 Å². The van der Waals surface area contributed by atoms with Crippen LogP contribution in [-0.4, -0.2) is 36.1 Å². The molecule has 0 unspecified atom stereocenters. The van der Waals surface area contributed by atoms with Crippen molar-refractivity contribution in [3.05, 3.63) is 80.6 Å². The summed E-state index contributed by atoms with van der Waals surface area (Å²) in [7, 11) is 1.58. The molecule has 1 N–H and O–H groups in total. The second kappa shape index (κ2) is 8.37. The first-order chi connectivity index (χ1) is 13.0. The number of para-hydroxylation sites is 1. The first kappa shape index (κ1) is 19.1. The highest BCUT2D eigenvalue weighted by molar-refractivity contribution is 6.30. The number of H-pyrrole nitrogens is 1. The van der Waals surface area contributed by atoms with Crippen molar-refractivity contribution in [2.24, 2.45) is 0 Å². The summed E-state index contributed by atoms with van der Waals surface area (Å²) in [6.45, 7) is 2.88. The van der Waals surface area contributed by atoms with Crippen LogP contribution in [0.1, 0.15) is 21.5 Å². The van der Waals surface area contributed by atoms with Gasteiger partial charge >= 0.3 is 0 Å². The summed E-state index contributed by atoms with van der Waals surface area (Å²) in [5.74, 6) is -0.196. The molecule has 3 aromatic rings. The highest BCUT2D eigenvalue weighted by Crippen LogP contribution is 2.17. The molecule has 1 amide bonds. The number of halogens is 1. The van der Waals surface area contributed by atoms with E-state index in [4.69, 9.17) is 16.3 Å². The summed E-state index contributed by atoms with van der Waals surface area (Å²) in [5, 5.41) is 1.43. The van der Waals surface area contributed by atoms with Gasteiger partial charge in [-0.1, -0.05) is 35.9 Å². The third-order valence-electron chi connectivity index (χ3n) is 4.45. The molecule has 2 aromatic carbocycles. The maximum absolute atomic E-state index is 12.9. The number of carbonyl (C=O) groups excluding carboxylic acids is 1. The van der Waals surface area contributed by atoms with Crippen LogP contribution in [0.25, 0.3) is 10.9 Å². The van der Waals surface area contributed by atoms with Gasteiger partial charge in [-0.05, 0) is 42.1 Å². The quantitative estimate of drug-likeness (QED) is 0.703. The van der Waals surface area contributed by atoms with Crippen molar-refractivity contribution in [2.45, 2.75) is 13.5 Å². The minimum atomic E-state index is -0.196. The molecule has 27 heavy (non-hydrogen) atoms. The van der Waals surface area contributed by atoms with Gasteiger partial charge in [0.05, 0.1) is 18.7 Å². The minimum Gasteiger partial charge on any atom is -0.383 e. The van der Waals surface area contributed by atoms with Crippen LogP contribution in [0, 0.1) is 6.92 Å². The Labute approximate surface area is 162 Å². The molecule has 0 radical (unpaired) electrons. The van der Waals surface area contributed by atoms with Crippen LogP contribution in [-0.2, 0) is 11.3 Å². The molecule has 0 aliphatic carbocycles. The van der Waals surface area contributed by atoms with Crippen LogP contribution in [0.4, 0.5) is 0 Å². The van der Waals surface area contributed by atoms with Gasteiger partial charge in [0.1, 0.15) is 0 Å². The Hall–Kier alpha value is -2.63. The molecule has 0 aliphatic rings. The summed E-state index contributed by atoms with van der Waals surface area (Å²) in [5.41, 5.74) is 2.63. The van der Waals surface area contributed by atoms with Gasteiger partial charge in [-0.2, -0.15) is 0 Å². The average Bonchev–Trinajstić information content (AvgIpc) is 2.65. The number of benzene rings is 2. The lowest BCUT2D eigenvalue weighted by Gasteiger charge is -2.22. The molecule has 0 fully saturated rings. The van der Waals surface area contributed by atoms with Crippen LogP contribution in [0.15, 0.2) is 53.3 Å². The van der Waals surface area contributed by atoms with Gasteiger partial charge in [0.15, 0.2) is 0 Å². The SMILES string of the molecule is COCCN(Cc1cc2cccc(C)c2[nH]c1=O)C(=O)c1cccc(Cl)c1. The number of fused-ring (bicyclic) bond motifs is 1. The van der Waals surface area contributed by atoms with E-state index in [0.29, 0.717) is 29.3 Å². The normalized spacial score (nSPS) is 10.9. The Balaban J connectivity index is 1.95. The lowest BCUT2D eigenvalue weighted by molar-refractivity contribution is 0.0680. The number of aromatic amines is 1. The van der Waals surface area contributed by atoms with Crippen LogP contribution >= 0.6 is 11.6 Å². The van der Waals surface area contributed by atoms with E-state index in [1.165, 1.54) is 0 Å². The fourth-order valence-electron chi connectivity index (χ4n) is 3.01. The maximum Gasteiger partial charge on any atom is 0.254 e. The number of nitrogens with one attached hydrogen (secondary N) is 1. The Morgan fingerprint density at radius 2 is 1.96 bits per heavy atom. The van der Waals surface area contributed by atoms with E-state index >= 15 is 0 Å². The number of hydrogen-bond acceptors (Lipinski definition) is 3. The Morgan fingerprint density at radius 1 is 1.19 bits per heavy atom. The van der Waals surface area contributed by atoms with Crippen molar-refractivity contribution in [1.29, 1.82) is 0 Å². The van der Waals surface area contributed by atoms with Crippen LogP contribution < -0.4 is 5.56 Å². The summed E-state index contributed by atoms with van der Waals surface area (Å²) >= 11 is 6.01. The smallest absolute Gasteiger partial charge is 0.254 e. The van der Waals surface area contributed by atoms with Crippen LogP contribution in [0.3, 0.4) is 0 Å². The van der Waals surface area contributed by atoms with Gasteiger partial charge in [0.25, 0.3) is 11.5 Å². The molecular formula is C21H21ClN2O3. The lowest BCUT2D eigenvalue weighted by atomic mass is 10.1. The second-order valence-corrected chi connectivity index (χ2v) is 6.83. The van der Waals surface area contributed by atoms with Gasteiger partial charge in [-0.15, -0.1) is 0 Å². The van der Waals surface area contributed by atoms with Crippen molar-refractivity contribution in [3.63, 3.8) is 0 Å². The molecule has 1 heterocycles. The predicted molar refractivity (Wildman–Crippen MR) is 107 cm³/mol. The van der Waals surface area contributed by atoms with Gasteiger partial charge < -0.3 is 14.6 Å². The molecule has 0 saturated heterocycles. The van der Waals surface area contributed by atoms with Gasteiger partial charge in [-0.3, -0.25) is 9.59 Å². The molecule has 0 saturated carbocycles. The number of aryl methyl sites for hydroxylation is 1. The van der Waals surface area contributed by atoms with Crippen LogP contribution in [0.5, 0.6) is 0 Å². The molecule has 0 atom stereocenters. The zero-order chi connectivity index (χ0) is 19.4. The van der Waals surface area contributed by atoms with E-state index in [0.717, 1.165) is 16.5 Å². The number of hydrogen-bond donors (Lipinski definition) is 1. The van der Waals surface area contributed by atoms with Gasteiger partial charge in [-0.25, -0.2) is 0 Å². The summed E-state index contributed by atoms with van der Waals surface area (Å²) < 4.78 is 5.13. The maximum atomic E-state index is 12.9. The largest absolute Gasteiger partial charge is 0.383 e. The van der Waals surface area contributed by atoms with E-state index in [-0.39, 0.29) is 18.0 Å². The van der Waals surface area contributed by atoms with Crippen molar-refractivity contribution in [1.82, 2.24) is 9.88 Å². The lowest BCUT2D eigenvalue weighted by Crippen LogP contribution is -2.35. The standard InChI is InChI=1S/C21H21ClN2O3/c1-14-5-3-6-15-11-17(20(25)23-19(14)15)13-24(9-10-27-2)21(26)16-7-4-8-18(22)12-16/h3-8,11-12H,9-10,13H2,1-2H3,(H,23,25). The Bertz CT molecular complexity index is 1030. The second-order valence-electron chi connectivity index (χ2n) is 6.39. The van der Waals surface area contributed by atoms with Crippen molar-refractivity contribution in [3.8, 4) is 0 Å². The van der Waals surface area contributed by atoms with Crippen molar-refractivity contribution in [2.75, 3.05) is 20.3 Å². The predicted octanol–water partition coefficient (Wildman–Crippen LogP) is 3.78. The fraction of sp³-hybridized carbons (Fsp3) is 0.238. The highest BCUT2D eigenvalue weighted by Gasteiger charge is 2.18. The first-order valence-corrected chi connectivity index (χ1v) is 9.02. The van der Waals surface area contributed by atoms with Gasteiger partial charge in [0.2, 0.25) is 0 Å². The average molecular weight is 385 g/mol. The zero-order valence-corrected chi connectivity index (χ0v) is 16.0. The third-order valence-corrected chi connectivity index (χ3v) is 4.69.